The summed E-state index contributed by atoms with van der Waals surface area (Å²) in [6.07, 6.45) is 11.1. The van der Waals surface area contributed by atoms with Crippen LogP contribution in [0.2, 0.25) is 0 Å². The quantitative estimate of drug-likeness (QED) is 0.549. The minimum Gasteiger partial charge on any atom is -0.393 e. The van der Waals surface area contributed by atoms with Crippen LogP contribution in [-0.4, -0.2) is 27.8 Å². The van der Waals surface area contributed by atoms with Crippen molar-refractivity contribution in [3.05, 3.63) is 11.6 Å². The van der Waals surface area contributed by atoms with Crippen LogP contribution in [0, 0.1) is 34.5 Å². The molecule has 4 aliphatic carbocycles. The van der Waals surface area contributed by atoms with Crippen molar-refractivity contribution in [2.45, 2.75) is 110 Å². The minimum absolute atomic E-state index is 0.159. The molecule has 0 aromatic heterocycles. The fraction of sp³-hybridized carbons (Fsp3) is 0.920. The van der Waals surface area contributed by atoms with E-state index in [9.17, 15) is 19.0 Å². The maximum absolute atomic E-state index is 14.4. The normalized spacial score (nSPS) is 45.2. The number of halogens is 2. The van der Waals surface area contributed by atoms with E-state index in [2.05, 4.69) is 19.9 Å². The van der Waals surface area contributed by atoms with Crippen molar-refractivity contribution in [2.24, 2.45) is 34.5 Å². The molecule has 7 atom stereocenters. The molecule has 2 nitrogen and oxygen atoms in total. The average molecular weight is 411 g/mol. The molecule has 0 aromatic carbocycles. The summed E-state index contributed by atoms with van der Waals surface area (Å²) in [5.41, 5.74) is -0.0725. The Kier molecular flexibility index (Phi) is 5.26. The third kappa shape index (κ3) is 3.41. The van der Waals surface area contributed by atoms with E-state index in [0.717, 1.165) is 44.9 Å². The molecule has 0 saturated heterocycles. The van der Waals surface area contributed by atoms with Gasteiger partial charge in [-0.25, -0.2) is 8.78 Å². The van der Waals surface area contributed by atoms with Crippen molar-refractivity contribution >= 4 is 0 Å². The van der Waals surface area contributed by atoms with Gasteiger partial charge in [-0.1, -0.05) is 25.5 Å². The predicted molar refractivity (Wildman–Crippen MR) is 112 cm³/mol. The molecule has 0 aliphatic heterocycles. The highest BCUT2D eigenvalue weighted by Crippen LogP contribution is 2.66. The molecule has 5 unspecified atom stereocenters. The van der Waals surface area contributed by atoms with E-state index in [4.69, 9.17) is 0 Å². The van der Waals surface area contributed by atoms with E-state index in [0.29, 0.717) is 30.1 Å². The van der Waals surface area contributed by atoms with Gasteiger partial charge in [-0.2, -0.15) is 0 Å². The van der Waals surface area contributed by atoms with Crippen LogP contribution in [0.15, 0.2) is 11.6 Å². The van der Waals surface area contributed by atoms with Crippen molar-refractivity contribution in [2.75, 3.05) is 0 Å². The van der Waals surface area contributed by atoms with Crippen LogP contribution in [-0.2, 0) is 0 Å². The van der Waals surface area contributed by atoms with Gasteiger partial charge in [0.05, 0.1) is 6.10 Å². The van der Waals surface area contributed by atoms with Gasteiger partial charge in [0.25, 0.3) is 5.92 Å². The van der Waals surface area contributed by atoms with Gasteiger partial charge in [0.1, 0.15) is 5.60 Å². The zero-order chi connectivity index (χ0) is 21.2. The largest absolute Gasteiger partial charge is 0.393 e. The smallest absolute Gasteiger partial charge is 0.275 e. The molecule has 0 heterocycles. The summed E-state index contributed by atoms with van der Waals surface area (Å²) in [6, 6.07) is 0. The highest BCUT2D eigenvalue weighted by Gasteiger charge is 2.59. The maximum Gasteiger partial charge on any atom is 0.275 e. The highest BCUT2D eigenvalue weighted by molar-refractivity contribution is 5.25. The highest BCUT2D eigenvalue weighted by atomic mass is 19.3. The Morgan fingerprint density at radius 2 is 1.79 bits per heavy atom. The molecule has 4 rings (SSSR count). The van der Waals surface area contributed by atoms with E-state index in [-0.39, 0.29) is 23.4 Å². The molecule has 166 valence electrons. The van der Waals surface area contributed by atoms with Gasteiger partial charge in [0.2, 0.25) is 0 Å². The lowest BCUT2D eigenvalue weighted by Gasteiger charge is -2.58. The van der Waals surface area contributed by atoms with Crippen LogP contribution in [0.3, 0.4) is 0 Å². The van der Waals surface area contributed by atoms with E-state index in [1.807, 2.05) is 0 Å². The zero-order valence-electron chi connectivity index (χ0n) is 18.7. The van der Waals surface area contributed by atoms with Crippen molar-refractivity contribution in [3.63, 3.8) is 0 Å². The molecule has 0 bridgehead atoms. The van der Waals surface area contributed by atoms with Crippen LogP contribution in [0.4, 0.5) is 8.78 Å². The van der Waals surface area contributed by atoms with Crippen LogP contribution >= 0.6 is 0 Å². The van der Waals surface area contributed by atoms with Crippen LogP contribution < -0.4 is 0 Å². The Balaban J connectivity index is 1.50. The first-order valence-corrected chi connectivity index (χ1v) is 11.9. The van der Waals surface area contributed by atoms with Crippen LogP contribution in [0.1, 0.15) is 91.9 Å². The van der Waals surface area contributed by atoms with Crippen molar-refractivity contribution in [1.82, 2.24) is 0 Å². The molecular formula is C25H40F2O2. The predicted octanol–water partition coefficient (Wildman–Crippen LogP) is 6.11. The molecule has 0 radical (unpaired) electrons. The standard InChI is InChI=1S/C25H40F2O2/c1-22(2,29)25(26,27)14-9-16-6-8-20-19-7-5-17-15-18(28)10-12-24(17,4)21(19)11-13-23(16,20)3/h5,16,18-21,28-29H,6-15H2,1-4H3/t16-,18?,19?,20?,21?,23-,24?/m1/s1. The molecule has 4 heteroatoms. The van der Waals surface area contributed by atoms with Gasteiger partial charge in [-0.15, -0.1) is 0 Å². The van der Waals surface area contributed by atoms with Crippen molar-refractivity contribution in [1.29, 1.82) is 0 Å². The van der Waals surface area contributed by atoms with Gasteiger partial charge in [-0.05, 0) is 106 Å². The van der Waals surface area contributed by atoms with E-state index in [1.165, 1.54) is 25.8 Å². The topological polar surface area (TPSA) is 40.5 Å². The number of hydrogen-bond acceptors (Lipinski definition) is 2. The number of aliphatic hydroxyl groups is 2. The van der Waals surface area contributed by atoms with E-state index in [1.54, 1.807) is 0 Å². The first-order chi connectivity index (χ1) is 13.4. The van der Waals surface area contributed by atoms with Gasteiger partial charge >= 0.3 is 0 Å². The Morgan fingerprint density at radius 3 is 2.48 bits per heavy atom. The lowest BCUT2D eigenvalue weighted by atomic mass is 9.47. The average Bonchev–Trinajstić information content (AvgIpc) is 2.96. The Bertz CT molecular complexity index is 666. The second-order valence-corrected chi connectivity index (χ2v) is 11.8. The molecule has 0 aromatic rings. The lowest BCUT2D eigenvalue weighted by Crippen LogP contribution is -2.50. The van der Waals surface area contributed by atoms with Crippen molar-refractivity contribution < 1.29 is 19.0 Å². The number of fused-ring (bicyclic) bond motifs is 5. The Hall–Kier alpha value is -0.480. The molecule has 3 saturated carbocycles. The second-order valence-electron chi connectivity index (χ2n) is 11.8. The summed E-state index contributed by atoms with van der Waals surface area (Å²) in [4.78, 5) is 0. The monoisotopic (exact) mass is 410 g/mol. The Morgan fingerprint density at radius 1 is 1.07 bits per heavy atom. The van der Waals surface area contributed by atoms with Crippen molar-refractivity contribution in [3.8, 4) is 0 Å². The molecule has 29 heavy (non-hydrogen) atoms. The molecular weight excluding hydrogens is 370 g/mol. The minimum atomic E-state index is -3.03. The fourth-order valence-electron chi connectivity index (χ4n) is 7.89. The number of alkyl halides is 2. The molecule has 0 amide bonds. The van der Waals surface area contributed by atoms with Gasteiger partial charge < -0.3 is 10.2 Å². The van der Waals surface area contributed by atoms with E-state index < -0.39 is 11.5 Å². The van der Waals surface area contributed by atoms with Gasteiger partial charge in [-0.3, -0.25) is 0 Å². The summed E-state index contributed by atoms with van der Waals surface area (Å²) in [5.74, 6) is -0.712. The number of rotatable bonds is 4. The van der Waals surface area contributed by atoms with Crippen LogP contribution in [0.25, 0.3) is 0 Å². The maximum atomic E-state index is 14.4. The number of allylic oxidation sites excluding steroid dienone is 1. The lowest BCUT2D eigenvalue weighted by molar-refractivity contribution is -0.169. The molecule has 3 fully saturated rings. The summed E-state index contributed by atoms with van der Waals surface area (Å²) in [5, 5.41) is 20.0. The third-order valence-corrected chi connectivity index (χ3v) is 9.98. The first-order valence-electron chi connectivity index (χ1n) is 11.9. The second kappa shape index (κ2) is 7.02. The molecule has 0 spiro atoms. The molecule has 4 aliphatic rings. The summed E-state index contributed by atoms with van der Waals surface area (Å²) in [7, 11) is 0. The summed E-state index contributed by atoms with van der Waals surface area (Å²) in [6.45, 7) is 7.26. The zero-order valence-corrected chi connectivity index (χ0v) is 18.7. The number of aliphatic hydroxyl groups excluding tert-OH is 1. The fourth-order valence-corrected chi connectivity index (χ4v) is 7.89. The first kappa shape index (κ1) is 21.7. The van der Waals surface area contributed by atoms with Crippen LogP contribution in [0.5, 0.6) is 0 Å². The molecule has 2 N–H and O–H groups in total. The summed E-state index contributed by atoms with van der Waals surface area (Å²) < 4.78 is 28.8. The number of hydrogen-bond donors (Lipinski definition) is 2. The van der Waals surface area contributed by atoms with Gasteiger partial charge in [0.15, 0.2) is 0 Å². The van der Waals surface area contributed by atoms with Gasteiger partial charge in [0, 0.05) is 6.42 Å². The summed E-state index contributed by atoms with van der Waals surface area (Å²) >= 11 is 0. The Labute approximate surface area is 175 Å². The SMILES string of the molecule is CC12CCC(O)CC1=CCC1C2CC[C@@]2(C)C1CC[C@@H]2CCC(F)(F)C(C)(C)O. The third-order valence-electron chi connectivity index (χ3n) is 9.98. The van der Waals surface area contributed by atoms with E-state index >= 15 is 0 Å².